The van der Waals surface area contributed by atoms with Crippen molar-refractivity contribution in [2.24, 2.45) is 0 Å². The summed E-state index contributed by atoms with van der Waals surface area (Å²) in [6.45, 7) is 2.03. The SMILES string of the molecule is CC(=O)N(C)Cc1ccc(F)cc1. The van der Waals surface area contributed by atoms with Crippen LogP contribution >= 0.6 is 0 Å². The molecule has 1 aromatic carbocycles. The number of carbonyl (C=O) groups excluding carboxylic acids is 1. The fourth-order valence-corrected chi connectivity index (χ4v) is 0.975. The summed E-state index contributed by atoms with van der Waals surface area (Å²) >= 11 is 0. The van der Waals surface area contributed by atoms with Crippen LogP contribution in [-0.4, -0.2) is 17.9 Å². The standard InChI is InChI=1S/C10H12FNO/c1-8(13)12(2)7-9-3-5-10(11)6-4-9/h3-6H,7H2,1-2H3. The quantitative estimate of drug-likeness (QED) is 0.681. The lowest BCUT2D eigenvalue weighted by molar-refractivity contribution is -0.128. The van der Waals surface area contributed by atoms with Crippen LogP contribution in [0.1, 0.15) is 12.5 Å². The van der Waals surface area contributed by atoms with Crippen molar-refractivity contribution in [2.75, 3.05) is 7.05 Å². The highest BCUT2D eigenvalue weighted by Gasteiger charge is 2.02. The fourth-order valence-electron chi connectivity index (χ4n) is 0.975. The average molecular weight is 181 g/mol. The first-order chi connectivity index (χ1) is 6.09. The zero-order chi connectivity index (χ0) is 9.84. The Labute approximate surface area is 77.0 Å². The predicted octanol–water partition coefficient (Wildman–Crippen LogP) is 1.80. The Hall–Kier alpha value is -1.38. The molecule has 0 atom stereocenters. The summed E-state index contributed by atoms with van der Waals surface area (Å²) in [5, 5.41) is 0. The first-order valence-electron chi connectivity index (χ1n) is 4.06. The third-order valence-electron chi connectivity index (χ3n) is 1.87. The van der Waals surface area contributed by atoms with E-state index >= 15 is 0 Å². The number of halogens is 1. The van der Waals surface area contributed by atoms with Crippen LogP contribution in [0.15, 0.2) is 24.3 Å². The number of amides is 1. The van der Waals surface area contributed by atoms with Gasteiger partial charge in [0, 0.05) is 20.5 Å². The fraction of sp³-hybridized carbons (Fsp3) is 0.300. The van der Waals surface area contributed by atoms with Crippen molar-refractivity contribution in [3.8, 4) is 0 Å². The van der Waals surface area contributed by atoms with Crippen LogP contribution in [0.2, 0.25) is 0 Å². The van der Waals surface area contributed by atoms with Crippen molar-refractivity contribution in [2.45, 2.75) is 13.5 Å². The van der Waals surface area contributed by atoms with Gasteiger partial charge in [-0.2, -0.15) is 0 Å². The Kier molecular flexibility index (Phi) is 3.01. The lowest BCUT2D eigenvalue weighted by Gasteiger charge is -2.14. The van der Waals surface area contributed by atoms with E-state index in [0.717, 1.165) is 5.56 Å². The van der Waals surface area contributed by atoms with Gasteiger partial charge < -0.3 is 4.90 Å². The summed E-state index contributed by atoms with van der Waals surface area (Å²) in [4.78, 5) is 12.4. The molecule has 13 heavy (non-hydrogen) atoms. The zero-order valence-electron chi connectivity index (χ0n) is 7.75. The summed E-state index contributed by atoms with van der Waals surface area (Å²) in [6, 6.07) is 6.14. The molecule has 0 saturated carbocycles. The highest BCUT2D eigenvalue weighted by molar-refractivity contribution is 5.72. The van der Waals surface area contributed by atoms with Crippen LogP contribution < -0.4 is 0 Å². The van der Waals surface area contributed by atoms with E-state index in [1.54, 1.807) is 24.1 Å². The first kappa shape index (κ1) is 9.71. The van der Waals surface area contributed by atoms with E-state index in [0.29, 0.717) is 6.54 Å². The van der Waals surface area contributed by atoms with Gasteiger partial charge in [0.1, 0.15) is 5.82 Å². The van der Waals surface area contributed by atoms with E-state index in [1.807, 2.05) is 0 Å². The van der Waals surface area contributed by atoms with Gasteiger partial charge in [-0.1, -0.05) is 12.1 Å². The number of benzene rings is 1. The molecule has 3 heteroatoms. The molecule has 0 bridgehead atoms. The minimum absolute atomic E-state index is 0.00400. The maximum atomic E-state index is 12.5. The van der Waals surface area contributed by atoms with Crippen molar-refractivity contribution in [1.82, 2.24) is 4.90 Å². The summed E-state index contributed by atoms with van der Waals surface area (Å²) < 4.78 is 12.5. The lowest BCUT2D eigenvalue weighted by atomic mass is 10.2. The van der Waals surface area contributed by atoms with Crippen LogP contribution in [0.25, 0.3) is 0 Å². The molecule has 1 aromatic rings. The van der Waals surface area contributed by atoms with E-state index in [4.69, 9.17) is 0 Å². The molecule has 2 nitrogen and oxygen atoms in total. The molecule has 0 aliphatic heterocycles. The minimum Gasteiger partial charge on any atom is -0.342 e. The monoisotopic (exact) mass is 181 g/mol. The van der Waals surface area contributed by atoms with Gasteiger partial charge in [-0.15, -0.1) is 0 Å². The van der Waals surface area contributed by atoms with Gasteiger partial charge >= 0.3 is 0 Å². The largest absolute Gasteiger partial charge is 0.342 e. The van der Waals surface area contributed by atoms with Crippen LogP contribution in [0, 0.1) is 5.82 Å². The Morgan fingerprint density at radius 1 is 1.38 bits per heavy atom. The maximum absolute atomic E-state index is 12.5. The van der Waals surface area contributed by atoms with Gasteiger partial charge in [0.25, 0.3) is 0 Å². The van der Waals surface area contributed by atoms with Crippen LogP contribution in [0.3, 0.4) is 0 Å². The Morgan fingerprint density at radius 3 is 2.38 bits per heavy atom. The van der Waals surface area contributed by atoms with E-state index in [1.165, 1.54) is 19.1 Å². The lowest BCUT2D eigenvalue weighted by Crippen LogP contribution is -2.22. The van der Waals surface area contributed by atoms with E-state index in [-0.39, 0.29) is 11.7 Å². The molecule has 0 unspecified atom stereocenters. The summed E-state index contributed by atoms with van der Waals surface area (Å²) in [5.74, 6) is -0.251. The van der Waals surface area contributed by atoms with Gasteiger partial charge in [-0.3, -0.25) is 4.79 Å². The number of nitrogens with zero attached hydrogens (tertiary/aromatic N) is 1. The molecular weight excluding hydrogens is 169 g/mol. The molecule has 0 saturated heterocycles. The Balaban J connectivity index is 2.64. The molecule has 0 spiro atoms. The van der Waals surface area contributed by atoms with Crippen LogP contribution in [-0.2, 0) is 11.3 Å². The predicted molar refractivity (Wildman–Crippen MR) is 48.5 cm³/mol. The van der Waals surface area contributed by atoms with Crippen molar-refractivity contribution >= 4 is 5.91 Å². The van der Waals surface area contributed by atoms with Gasteiger partial charge in [-0.05, 0) is 17.7 Å². The molecule has 0 aromatic heterocycles. The minimum atomic E-state index is -0.255. The molecule has 0 heterocycles. The number of hydrogen-bond donors (Lipinski definition) is 0. The Morgan fingerprint density at radius 2 is 1.92 bits per heavy atom. The first-order valence-corrected chi connectivity index (χ1v) is 4.06. The molecule has 0 N–H and O–H groups in total. The third-order valence-corrected chi connectivity index (χ3v) is 1.87. The normalized spacial score (nSPS) is 9.77. The molecule has 1 amide bonds. The van der Waals surface area contributed by atoms with E-state index in [2.05, 4.69) is 0 Å². The average Bonchev–Trinajstić information content (AvgIpc) is 2.08. The second-order valence-corrected chi connectivity index (χ2v) is 3.00. The number of rotatable bonds is 2. The van der Waals surface area contributed by atoms with Crippen LogP contribution in [0.4, 0.5) is 4.39 Å². The summed E-state index contributed by atoms with van der Waals surface area (Å²) in [6.07, 6.45) is 0. The smallest absolute Gasteiger partial charge is 0.219 e. The van der Waals surface area contributed by atoms with Gasteiger partial charge in [0.2, 0.25) is 5.91 Å². The second-order valence-electron chi connectivity index (χ2n) is 3.00. The summed E-state index contributed by atoms with van der Waals surface area (Å²) in [5.41, 5.74) is 0.930. The summed E-state index contributed by atoms with van der Waals surface area (Å²) in [7, 11) is 1.71. The molecular formula is C10H12FNO. The molecule has 0 aliphatic carbocycles. The zero-order valence-corrected chi connectivity index (χ0v) is 7.75. The van der Waals surface area contributed by atoms with Gasteiger partial charge in [0.05, 0.1) is 0 Å². The van der Waals surface area contributed by atoms with Crippen molar-refractivity contribution in [3.63, 3.8) is 0 Å². The van der Waals surface area contributed by atoms with Gasteiger partial charge in [-0.25, -0.2) is 4.39 Å². The second kappa shape index (κ2) is 4.03. The molecule has 1 rings (SSSR count). The third kappa shape index (κ3) is 2.86. The molecule has 0 radical (unpaired) electrons. The number of carbonyl (C=O) groups is 1. The van der Waals surface area contributed by atoms with Gasteiger partial charge in [0.15, 0.2) is 0 Å². The van der Waals surface area contributed by atoms with Crippen molar-refractivity contribution in [1.29, 1.82) is 0 Å². The number of hydrogen-bond acceptors (Lipinski definition) is 1. The highest BCUT2D eigenvalue weighted by Crippen LogP contribution is 2.05. The van der Waals surface area contributed by atoms with Crippen molar-refractivity contribution in [3.05, 3.63) is 35.6 Å². The molecule has 0 aliphatic rings. The molecule has 70 valence electrons. The Bertz CT molecular complexity index is 294. The topological polar surface area (TPSA) is 20.3 Å². The van der Waals surface area contributed by atoms with E-state index < -0.39 is 0 Å². The maximum Gasteiger partial charge on any atom is 0.219 e. The van der Waals surface area contributed by atoms with Crippen LogP contribution in [0.5, 0.6) is 0 Å². The highest BCUT2D eigenvalue weighted by atomic mass is 19.1. The van der Waals surface area contributed by atoms with Crippen molar-refractivity contribution < 1.29 is 9.18 Å². The van der Waals surface area contributed by atoms with E-state index in [9.17, 15) is 9.18 Å². The molecule has 0 fully saturated rings.